The molecular formula is C12H9BrN2O2S. The van der Waals surface area contributed by atoms with Gasteiger partial charge in [0.1, 0.15) is 5.03 Å². The highest BCUT2D eigenvalue weighted by molar-refractivity contribution is 9.10. The Bertz CT molecular complexity index is 604. The average Bonchev–Trinajstić information content (AvgIpc) is 2.34. The fraction of sp³-hybridized carbons (Fsp3) is 0. The van der Waals surface area contributed by atoms with E-state index in [1.54, 1.807) is 24.4 Å². The van der Waals surface area contributed by atoms with Crippen LogP contribution in [-0.2, 0) is 0 Å². The number of hydrogen-bond acceptors (Lipinski definition) is 4. The van der Waals surface area contributed by atoms with Crippen LogP contribution in [0.5, 0.6) is 0 Å². The Balaban J connectivity index is 2.41. The summed E-state index contributed by atoms with van der Waals surface area (Å²) in [6.45, 7) is 0. The number of nitrogen functional groups attached to an aromatic ring is 1. The minimum Gasteiger partial charge on any atom is -0.478 e. The number of halogens is 1. The number of carbonyl (C=O) groups is 1. The minimum absolute atomic E-state index is 0.178. The zero-order chi connectivity index (χ0) is 13.1. The van der Waals surface area contributed by atoms with Crippen LogP contribution in [0.15, 0.2) is 50.9 Å². The highest BCUT2D eigenvalue weighted by Crippen LogP contribution is 2.34. The minimum atomic E-state index is -1.00. The standard InChI is InChI=1S/C12H9BrN2O2S/c13-9-2-1-5-15-11(9)18-10-4-3-7(14)6-8(10)12(16)17/h1-6H,14H2,(H,16,17). The Morgan fingerprint density at radius 2 is 2.17 bits per heavy atom. The molecule has 0 bridgehead atoms. The molecule has 92 valence electrons. The van der Waals surface area contributed by atoms with Gasteiger partial charge in [-0.25, -0.2) is 9.78 Å². The molecule has 0 aliphatic carbocycles. The topological polar surface area (TPSA) is 76.2 Å². The quantitative estimate of drug-likeness (QED) is 0.847. The van der Waals surface area contributed by atoms with E-state index in [-0.39, 0.29) is 5.56 Å². The Morgan fingerprint density at radius 1 is 1.39 bits per heavy atom. The van der Waals surface area contributed by atoms with Gasteiger partial charge < -0.3 is 10.8 Å². The lowest BCUT2D eigenvalue weighted by molar-refractivity contribution is 0.0693. The number of carboxylic acid groups (broad SMARTS) is 1. The van der Waals surface area contributed by atoms with Gasteiger partial charge in [-0.2, -0.15) is 0 Å². The first-order valence-corrected chi connectivity index (χ1v) is 6.60. The molecule has 1 heterocycles. The number of aromatic carboxylic acids is 1. The number of pyridine rings is 1. The summed E-state index contributed by atoms with van der Waals surface area (Å²) in [5, 5.41) is 9.85. The summed E-state index contributed by atoms with van der Waals surface area (Å²) in [6.07, 6.45) is 1.66. The average molecular weight is 325 g/mol. The molecule has 0 saturated carbocycles. The Labute approximate surface area is 116 Å². The first-order chi connectivity index (χ1) is 8.58. The van der Waals surface area contributed by atoms with Gasteiger partial charge in [0.05, 0.1) is 10.0 Å². The molecule has 0 fully saturated rings. The van der Waals surface area contributed by atoms with E-state index in [2.05, 4.69) is 20.9 Å². The van der Waals surface area contributed by atoms with Crippen molar-refractivity contribution >= 4 is 39.3 Å². The van der Waals surface area contributed by atoms with E-state index in [0.29, 0.717) is 15.6 Å². The van der Waals surface area contributed by atoms with Crippen LogP contribution >= 0.6 is 27.7 Å². The van der Waals surface area contributed by atoms with Crippen molar-refractivity contribution in [2.75, 3.05) is 5.73 Å². The van der Waals surface area contributed by atoms with Gasteiger partial charge in [0.25, 0.3) is 0 Å². The molecular weight excluding hydrogens is 316 g/mol. The molecule has 0 aliphatic heterocycles. The molecule has 2 aromatic rings. The third kappa shape index (κ3) is 2.83. The van der Waals surface area contributed by atoms with Crippen LogP contribution in [-0.4, -0.2) is 16.1 Å². The van der Waals surface area contributed by atoms with E-state index < -0.39 is 5.97 Å². The third-order valence-electron chi connectivity index (χ3n) is 2.17. The maximum absolute atomic E-state index is 11.1. The second-order valence-electron chi connectivity index (χ2n) is 3.45. The van der Waals surface area contributed by atoms with Gasteiger partial charge in [-0.15, -0.1) is 0 Å². The first kappa shape index (κ1) is 12.9. The normalized spacial score (nSPS) is 10.3. The van der Waals surface area contributed by atoms with Crippen LogP contribution in [0.2, 0.25) is 0 Å². The van der Waals surface area contributed by atoms with Crippen molar-refractivity contribution < 1.29 is 9.90 Å². The monoisotopic (exact) mass is 324 g/mol. The van der Waals surface area contributed by atoms with Crippen molar-refractivity contribution in [1.29, 1.82) is 0 Å². The number of benzene rings is 1. The van der Waals surface area contributed by atoms with Crippen LogP contribution < -0.4 is 5.73 Å². The van der Waals surface area contributed by atoms with Gasteiger partial charge in [-0.1, -0.05) is 11.8 Å². The van der Waals surface area contributed by atoms with Crippen molar-refractivity contribution in [2.24, 2.45) is 0 Å². The van der Waals surface area contributed by atoms with Crippen molar-refractivity contribution in [1.82, 2.24) is 4.98 Å². The molecule has 1 aromatic carbocycles. The van der Waals surface area contributed by atoms with E-state index in [4.69, 9.17) is 10.8 Å². The Morgan fingerprint density at radius 3 is 2.83 bits per heavy atom. The van der Waals surface area contributed by atoms with Gasteiger partial charge in [0.15, 0.2) is 0 Å². The van der Waals surface area contributed by atoms with Crippen LogP contribution in [0, 0.1) is 0 Å². The van der Waals surface area contributed by atoms with Crippen LogP contribution in [0.25, 0.3) is 0 Å². The summed E-state index contributed by atoms with van der Waals surface area (Å²) in [7, 11) is 0. The molecule has 0 aliphatic rings. The third-order valence-corrected chi connectivity index (χ3v) is 4.16. The molecule has 0 spiro atoms. The van der Waals surface area contributed by atoms with Crippen molar-refractivity contribution in [3.63, 3.8) is 0 Å². The van der Waals surface area contributed by atoms with E-state index in [9.17, 15) is 4.79 Å². The number of anilines is 1. The number of hydrogen-bond donors (Lipinski definition) is 2. The summed E-state index contributed by atoms with van der Waals surface area (Å²) >= 11 is 4.66. The fourth-order valence-corrected chi connectivity index (χ4v) is 2.73. The summed E-state index contributed by atoms with van der Waals surface area (Å²) in [5.74, 6) is -1.00. The maximum Gasteiger partial charge on any atom is 0.336 e. The van der Waals surface area contributed by atoms with Gasteiger partial charge >= 0.3 is 5.97 Å². The van der Waals surface area contributed by atoms with Crippen molar-refractivity contribution in [2.45, 2.75) is 9.92 Å². The Hall–Kier alpha value is -1.53. The summed E-state index contributed by atoms with van der Waals surface area (Å²) in [5.41, 5.74) is 6.20. The summed E-state index contributed by atoms with van der Waals surface area (Å²) in [4.78, 5) is 15.9. The molecule has 6 heteroatoms. The number of nitrogens with two attached hydrogens (primary N) is 1. The van der Waals surface area contributed by atoms with Gasteiger partial charge in [-0.05, 0) is 46.3 Å². The predicted octanol–water partition coefficient (Wildman–Crippen LogP) is 3.28. The molecule has 0 radical (unpaired) electrons. The van der Waals surface area contributed by atoms with Crippen LogP contribution in [0.1, 0.15) is 10.4 Å². The van der Waals surface area contributed by atoms with Gasteiger partial charge in [0, 0.05) is 16.8 Å². The zero-order valence-electron chi connectivity index (χ0n) is 9.13. The molecule has 0 unspecified atom stereocenters. The zero-order valence-corrected chi connectivity index (χ0v) is 11.5. The molecule has 0 atom stereocenters. The maximum atomic E-state index is 11.1. The lowest BCUT2D eigenvalue weighted by Gasteiger charge is -2.07. The lowest BCUT2D eigenvalue weighted by Crippen LogP contribution is -2.00. The molecule has 0 amide bonds. The van der Waals surface area contributed by atoms with E-state index >= 15 is 0 Å². The van der Waals surface area contributed by atoms with Crippen molar-refractivity contribution in [3.05, 3.63) is 46.6 Å². The van der Waals surface area contributed by atoms with Crippen LogP contribution in [0.4, 0.5) is 5.69 Å². The fourth-order valence-electron chi connectivity index (χ4n) is 1.35. The predicted molar refractivity (Wildman–Crippen MR) is 73.9 cm³/mol. The lowest BCUT2D eigenvalue weighted by atomic mass is 10.2. The van der Waals surface area contributed by atoms with E-state index in [1.807, 2.05) is 6.07 Å². The number of aromatic nitrogens is 1. The second kappa shape index (κ2) is 5.41. The van der Waals surface area contributed by atoms with E-state index in [1.165, 1.54) is 17.8 Å². The molecule has 3 N–H and O–H groups in total. The smallest absolute Gasteiger partial charge is 0.336 e. The van der Waals surface area contributed by atoms with Gasteiger partial charge in [0.2, 0.25) is 0 Å². The highest BCUT2D eigenvalue weighted by atomic mass is 79.9. The number of rotatable bonds is 3. The first-order valence-electron chi connectivity index (χ1n) is 4.99. The largest absolute Gasteiger partial charge is 0.478 e. The molecule has 2 rings (SSSR count). The van der Waals surface area contributed by atoms with Crippen molar-refractivity contribution in [3.8, 4) is 0 Å². The summed E-state index contributed by atoms with van der Waals surface area (Å²) in [6, 6.07) is 8.46. The molecule has 4 nitrogen and oxygen atoms in total. The Kier molecular flexibility index (Phi) is 3.88. The van der Waals surface area contributed by atoms with Gasteiger partial charge in [-0.3, -0.25) is 0 Å². The number of carboxylic acids is 1. The second-order valence-corrected chi connectivity index (χ2v) is 5.34. The summed E-state index contributed by atoms with van der Waals surface area (Å²) < 4.78 is 0.822. The van der Waals surface area contributed by atoms with E-state index in [0.717, 1.165) is 4.47 Å². The van der Waals surface area contributed by atoms with Crippen LogP contribution in [0.3, 0.4) is 0 Å². The molecule has 18 heavy (non-hydrogen) atoms. The molecule has 0 saturated heterocycles. The molecule has 1 aromatic heterocycles. The SMILES string of the molecule is Nc1ccc(Sc2ncccc2Br)c(C(=O)O)c1. The highest BCUT2D eigenvalue weighted by Gasteiger charge is 2.13. The number of nitrogens with zero attached hydrogens (tertiary/aromatic N) is 1.